The summed E-state index contributed by atoms with van der Waals surface area (Å²) < 4.78 is 11.1. The van der Waals surface area contributed by atoms with Gasteiger partial charge in [-0.25, -0.2) is 0 Å². The van der Waals surface area contributed by atoms with Crippen molar-refractivity contribution in [3.05, 3.63) is 6.92 Å². The molecule has 0 aromatic carbocycles. The molecule has 0 aromatic heterocycles. The molecule has 0 fully saturated rings. The van der Waals surface area contributed by atoms with Gasteiger partial charge in [0, 0.05) is 26.4 Å². The topological polar surface area (TPSA) is 18.5 Å². The summed E-state index contributed by atoms with van der Waals surface area (Å²) in [6, 6.07) is 0. The van der Waals surface area contributed by atoms with Crippen molar-refractivity contribution < 1.29 is 9.47 Å². The number of hydrogen-bond acceptors (Lipinski definition) is 2. The van der Waals surface area contributed by atoms with Crippen LogP contribution >= 0.6 is 0 Å². The van der Waals surface area contributed by atoms with E-state index >= 15 is 0 Å². The molecular formula is C17H35O2. The Hall–Kier alpha value is -0.0800. The van der Waals surface area contributed by atoms with Gasteiger partial charge in [0.05, 0.1) is 0 Å². The molecule has 2 heteroatoms. The quantitative estimate of drug-likeness (QED) is 0.389. The summed E-state index contributed by atoms with van der Waals surface area (Å²) in [5, 5.41) is 0. The molecule has 0 heterocycles. The molecule has 0 saturated carbocycles. The molecule has 19 heavy (non-hydrogen) atoms. The Bertz CT molecular complexity index is 159. The predicted molar refractivity (Wildman–Crippen MR) is 83.4 cm³/mol. The van der Waals surface area contributed by atoms with Crippen molar-refractivity contribution in [3.63, 3.8) is 0 Å². The van der Waals surface area contributed by atoms with E-state index in [1.807, 2.05) is 0 Å². The fraction of sp³-hybridized carbons (Fsp3) is 0.941. The molecule has 115 valence electrons. The summed E-state index contributed by atoms with van der Waals surface area (Å²) >= 11 is 0. The fourth-order valence-corrected chi connectivity index (χ4v) is 2.02. The third-order valence-corrected chi connectivity index (χ3v) is 3.31. The van der Waals surface area contributed by atoms with E-state index in [1.54, 1.807) is 0 Å². The average Bonchev–Trinajstić information content (AvgIpc) is 2.41. The maximum Gasteiger partial charge on any atom is 0.0468 e. The van der Waals surface area contributed by atoms with Gasteiger partial charge in [0.1, 0.15) is 0 Å². The van der Waals surface area contributed by atoms with E-state index in [-0.39, 0.29) is 0 Å². The van der Waals surface area contributed by atoms with Crippen LogP contribution in [0.1, 0.15) is 71.6 Å². The van der Waals surface area contributed by atoms with Crippen molar-refractivity contribution in [2.45, 2.75) is 71.6 Å². The summed E-state index contributed by atoms with van der Waals surface area (Å²) in [6.07, 6.45) is 11.0. The molecule has 0 aliphatic rings. The van der Waals surface area contributed by atoms with Gasteiger partial charge in [-0.1, -0.05) is 46.5 Å². The van der Waals surface area contributed by atoms with E-state index in [1.165, 1.54) is 32.1 Å². The lowest BCUT2D eigenvalue weighted by atomic mass is 10.0. The van der Waals surface area contributed by atoms with E-state index in [0.29, 0.717) is 5.92 Å². The molecule has 0 saturated heterocycles. The SMILES string of the molecule is [CH2]C(CCCOCCC)CCOCCCCCCC. The molecule has 0 aliphatic carbocycles. The van der Waals surface area contributed by atoms with Gasteiger partial charge in [0.25, 0.3) is 0 Å². The summed E-state index contributed by atoms with van der Waals surface area (Å²) in [5.41, 5.74) is 0. The zero-order valence-electron chi connectivity index (χ0n) is 13.3. The minimum absolute atomic E-state index is 0.519. The van der Waals surface area contributed by atoms with Crippen LogP contribution in [0.2, 0.25) is 0 Å². The second-order valence-corrected chi connectivity index (χ2v) is 5.44. The van der Waals surface area contributed by atoms with Crippen LogP contribution in [-0.2, 0) is 9.47 Å². The highest BCUT2D eigenvalue weighted by Gasteiger charge is 2.02. The molecule has 0 spiro atoms. The smallest absolute Gasteiger partial charge is 0.0468 e. The summed E-state index contributed by atoms with van der Waals surface area (Å²) in [7, 11) is 0. The summed E-state index contributed by atoms with van der Waals surface area (Å²) in [6.45, 7) is 12.1. The van der Waals surface area contributed by atoms with Crippen molar-refractivity contribution >= 4 is 0 Å². The molecular weight excluding hydrogens is 236 g/mol. The fourth-order valence-electron chi connectivity index (χ4n) is 2.02. The van der Waals surface area contributed by atoms with Crippen LogP contribution in [0, 0.1) is 12.8 Å². The van der Waals surface area contributed by atoms with Crippen molar-refractivity contribution in [2.24, 2.45) is 5.92 Å². The second-order valence-electron chi connectivity index (χ2n) is 5.44. The van der Waals surface area contributed by atoms with E-state index in [0.717, 1.165) is 52.1 Å². The highest BCUT2D eigenvalue weighted by molar-refractivity contribution is 4.60. The Morgan fingerprint density at radius 1 is 0.684 bits per heavy atom. The molecule has 1 radical (unpaired) electrons. The predicted octanol–water partition coefficient (Wildman–Crippen LogP) is 5.02. The van der Waals surface area contributed by atoms with Crippen molar-refractivity contribution in [1.82, 2.24) is 0 Å². The van der Waals surface area contributed by atoms with Gasteiger partial charge in [-0.05, 0) is 38.0 Å². The monoisotopic (exact) mass is 271 g/mol. The van der Waals surface area contributed by atoms with Gasteiger partial charge < -0.3 is 9.47 Å². The van der Waals surface area contributed by atoms with Crippen LogP contribution in [0.3, 0.4) is 0 Å². The first-order valence-corrected chi connectivity index (χ1v) is 8.29. The largest absolute Gasteiger partial charge is 0.381 e. The van der Waals surface area contributed by atoms with Crippen LogP contribution in [-0.4, -0.2) is 26.4 Å². The van der Waals surface area contributed by atoms with E-state index < -0.39 is 0 Å². The Labute approximate surface area is 121 Å². The average molecular weight is 271 g/mol. The van der Waals surface area contributed by atoms with E-state index in [2.05, 4.69) is 20.8 Å². The minimum Gasteiger partial charge on any atom is -0.381 e. The van der Waals surface area contributed by atoms with Crippen LogP contribution in [0.5, 0.6) is 0 Å². The van der Waals surface area contributed by atoms with E-state index in [4.69, 9.17) is 9.47 Å². The lowest BCUT2D eigenvalue weighted by molar-refractivity contribution is 0.111. The number of hydrogen-bond donors (Lipinski definition) is 0. The van der Waals surface area contributed by atoms with Crippen LogP contribution in [0.25, 0.3) is 0 Å². The second kappa shape index (κ2) is 16.0. The van der Waals surface area contributed by atoms with Crippen molar-refractivity contribution in [1.29, 1.82) is 0 Å². The van der Waals surface area contributed by atoms with Crippen LogP contribution < -0.4 is 0 Å². The van der Waals surface area contributed by atoms with Gasteiger partial charge in [0.2, 0.25) is 0 Å². The number of rotatable bonds is 15. The molecule has 0 aliphatic heterocycles. The lowest BCUT2D eigenvalue weighted by Crippen LogP contribution is -2.05. The van der Waals surface area contributed by atoms with Crippen LogP contribution in [0.15, 0.2) is 0 Å². The zero-order chi connectivity index (χ0) is 14.2. The molecule has 0 rings (SSSR count). The first kappa shape index (κ1) is 18.9. The van der Waals surface area contributed by atoms with Crippen molar-refractivity contribution in [2.75, 3.05) is 26.4 Å². The zero-order valence-corrected chi connectivity index (χ0v) is 13.3. The van der Waals surface area contributed by atoms with Gasteiger partial charge in [0.15, 0.2) is 0 Å². The first-order chi connectivity index (χ1) is 9.31. The third-order valence-electron chi connectivity index (χ3n) is 3.31. The van der Waals surface area contributed by atoms with Crippen molar-refractivity contribution in [3.8, 4) is 0 Å². The standard InChI is InChI=1S/C17H35O2/c1-4-6-7-8-9-14-19-16-12-17(3)11-10-15-18-13-5-2/h17H,3-16H2,1-2H3. The summed E-state index contributed by atoms with van der Waals surface area (Å²) in [5.74, 6) is 0.519. The molecule has 0 N–H and O–H groups in total. The Kier molecular flexibility index (Phi) is 15.9. The van der Waals surface area contributed by atoms with Crippen LogP contribution in [0.4, 0.5) is 0 Å². The lowest BCUT2D eigenvalue weighted by Gasteiger charge is -2.11. The highest BCUT2D eigenvalue weighted by atomic mass is 16.5. The molecule has 0 amide bonds. The van der Waals surface area contributed by atoms with Gasteiger partial charge >= 0.3 is 0 Å². The Morgan fingerprint density at radius 2 is 1.37 bits per heavy atom. The molecule has 1 atom stereocenters. The molecule has 1 unspecified atom stereocenters. The number of ether oxygens (including phenoxy) is 2. The van der Waals surface area contributed by atoms with E-state index in [9.17, 15) is 0 Å². The maximum atomic E-state index is 5.66. The minimum atomic E-state index is 0.519. The molecule has 0 bridgehead atoms. The highest BCUT2D eigenvalue weighted by Crippen LogP contribution is 2.10. The summed E-state index contributed by atoms with van der Waals surface area (Å²) in [4.78, 5) is 0. The first-order valence-electron chi connectivity index (χ1n) is 8.29. The molecule has 2 nitrogen and oxygen atoms in total. The molecule has 0 aromatic rings. The van der Waals surface area contributed by atoms with Gasteiger partial charge in [-0.2, -0.15) is 0 Å². The third kappa shape index (κ3) is 15.9. The normalized spacial score (nSPS) is 12.8. The number of unbranched alkanes of at least 4 members (excludes halogenated alkanes) is 4. The van der Waals surface area contributed by atoms with Gasteiger partial charge in [-0.3, -0.25) is 0 Å². The Balaban J connectivity index is 3.09. The van der Waals surface area contributed by atoms with Gasteiger partial charge in [-0.15, -0.1) is 0 Å². The Morgan fingerprint density at radius 3 is 2.11 bits per heavy atom. The maximum absolute atomic E-state index is 5.66.